The lowest BCUT2D eigenvalue weighted by molar-refractivity contribution is -0.133. The molecule has 1 saturated heterocycles. The number of benzene rings is 1. The minimum Gasteiger partial charge on any atom is -0.337 e. The van der Waals surface area contributed by atoms with Crippen molar-refractivity contribution in [3.05, 3.63) is 53.1 Å². The minimum absolute atomic E-state index is 0.00408. The fourth-order valence-corrected chi connectivity index (χ4v) is 6.55. The molecule has 1 aliphatic rings. The van der Waals surface area contributed by atoms with E-state index in [1.807, 2.05) is 43.3 Å². The van der Waals surface area contributed by atoms with Crippen molar-refractivity contribution >= 4 is 37.3 Å². The first kappa shape index (κ1) is 20.7. The van der Waals surface area contributed by atoms with Crippen molar-refractivity contribution in [1.29, 1.82) is 0 Å². The average Bonchev–Trinajstić information content (AvgIpc) is 3.32. The molecule has 1 amide bonds. The maximum Gasteiger partial charge on any atom is 0.262 e. The van der Waals surface area contributed by atoms with Crippen LogP contribution >= 0.6 is 11.3 Å². The van der Waals surface area contributed by atoms with Crippen LogP contribution in [-0.2, 0) is 21.2 Å². The van der Waals surface area contributed by atoms with Gasteiger partial charge in [0.2, 0.25) is 5.91 Å². The van der Waals surface area contributed by atoms with Crippen LogP contribution in [0.15, 0.2) is 47.5 Å². The quantitative estimate of drug-likeness (QED) is 0.582. The molecule has 0 radical (unpaired) electrons. The van der Waals surface area contributed by atoms with Crippen LogP contribution in [0.4, 0.5) is 0 Å². The maximum absolute atomic E-state index is 13.0. The predicted molar refractivity (Wildman–Crippen MR) is 118 cm³/mol. The van der Waals surface area contributed by atoms with Crippen molar-refractivity contribution in [3.8, 4) is 10.4 Å². The second kappa shape index (κ2) is 8.31. The molecule has 0 spiro atoms. The van der Waals surface area contributed by atoms with Gasteiger partial charge in [-0.3, -0.25) is 14.2 Å². The number of hydrogen-bond donors (Lipinski definition) is 0. The Morgan fingerprint density at radius 2 is 2.07 bits per heavy atom. The third kappa shape index (κ3) is 4.17. The Balaban J connectivity index is 1.60. The Labute approximate surface area is 178 Å². The van der Waals surface area contributed by atoms with Gasteiger partial charge in [0.15, 0.2) is 9.84 Å². The van der Waals surface area contributed by atoms with E-state index in [9.17, 15) is 18.0 Å². The second-order valence-corrected chi connectivity index (χ2v) is 10.8. The summed E-state index contributed by atoms with van der Waals surface area (Å²) in [6, 6.07) is 11.3. The van der Waals surface area contributed by atoms with Gasteiger partial charge in [0.25, 0.3) is 5.56 Å². The number of fused-ring (bicyclic) bond motifs is 1. The van der Waals surface area contributed by atoms with Crippen LogP contribution < -0.4 is 5.56 Å². The first-order valence-corrected chi connectivity index (χ1v) is 12.6. The van der Waals surface area contributed by atoms with Crippen molar-refractivity contribution in [2.75, 3.05) is 18.1 Å². The van der Waals surface area contributed by atoms with Crippen molar-refractivity contribution in [2.45, 2.75) is 32.4 Å². The summed E-state index contributed by atoms with van der Waals surface area (Å²) in [4.78, 5) is 33.5. The molecule has 0 N–H and O–H groups in total. The number of rotatable bonds is 6. The van der Waals surface area contributed by atoms with Crippen LogP contribution in [0.2, 0.25) is 0 Å². The highest BCUT2D eigenvalue weighted by Crippen LogP contribution is 2.30. The van der Waals surface area contributed by atoms with Crippen molar-refractivity contribution in [3.63, 3.8) is 0 Å². The number of hydrogen-bond acceptors (Lipinski definition) is 6. The second-order valence-electron chi connectivity index (χ2n) is 7.52. The summed E-state index contributed by atoms with van der Waals surface area (Å²) in [5, 5.41) is 0.486. The Morgan fingerprint density at radius 1 is 1.30 bits per heavy atom. The van der Waals surface area contributed by atoms with E-state index in [-0.39, 0.29) is 35.6 Å². The summed E-state index contributed by atoms with van der Waals surface area (Å²) in [7, 11) is -3.10. The van der Waals surface area contributed by atoms with Gasteiger partial charge in [-0.15, -0.1) is 11.3 Å². The fourth-order valence-electron chi connectivity index (χ4n) is 3.83. The minimum atomic E-state index is -3.10. The molecule has 1 atom stereocenters. The zero-order chi connectivity index (χ0) is 21.3. The van der Waals surface area contributed by atoms with Crippen molar-refractivity contribution in [1.82, 2.24) is 14.5 Å². The average molecular weight is 446 g/mol. The van der Waals surface area contributed by atoms with Gasteiger partial charge in [-0.1, -0.05) is 37.3 Å². The lowest BCUT2D eigenvalue weighted by atomic mass is 10.2. The van der Waals surface area contributed by atoms with E-state index >= 15 is 0 Å². The maximum atomic E-state index is 13.0. The molecule has 2 aromatic heterocycles. The van der Waals surface area contributed by atoms with Gasteiger partial charge in [-0.25, -0.2) is 13.4 Å². The third-order valence-corrected chi connectivity index (χ3v) is 8.16. The van der Waals surface area contributed by atoms with E-state index < -0.39 is 9.84 Å². The number of carbonyl (C=O) groups is 1. The molecule has 158 valence electrons. The van der Waals surface area contributed by atoms with Crippen LogP contribution in [0.3, 0.4) is 0 Å². The predicted octanol–water partition coefficient (Wildman–Crippen LogP) is 2.55. The molecule has 3 aromatic rings. The highest BCUT2D eigenvalue weighted by atomic mass is 32.2. The lowest BCUT2D eigenvalue weighted by Gasteiger charge is -2.28. The Bertz CT molecular complexity index is 1230. The van der Waals surface area contributed by atoms with E-state index in [1.165, 1.54) is 22.2 Å². The monoisotopic (exact) mass is 445 g/mol. The summed E-state index contributed by atoms with van der Waals surface area (Å²) in [5.74, 6) is -0.146. The van der Waals surface area contributed by atoms with Crippen LogP contribution in [-0.4, -0.2) is 52.9 Å². The molecule has 1 unspecified atom stereocenters. The number of sulfone groups is 1. The summed E-state index contributed by atoms with van der Waals surface area (Å²) in [5.41, 5.74) is 0.751. The van der Waals surface area contributed by atoms with E-state index in [1.54, 1.807) is 4.90 Å². The summed E-state index contributed by atoms with van der Waals surface area (Å²) in [6.45, 7) is 2.27. The first-order valence-electron chi connectivity index (χ1n) is 9.92. The number of aromatic nitrogens is 2. The van der Waals surface area contributed by atoms with Crippen LogP contribution in [0.25, 0.3) is 20.7 Å². The van der Waals surface area contributed by atoms with E-state index in [0.717, 1.165) is 16.9 Å². The lowest BCUT2D eigenvalue weighted by Crippen LogP contribution is -2.44. The molecule has 0 saturated carbocycles. The van der Waals surface area contributed by atoms with Crippen LogP contribution in [0.1, 0.15) is 19.8 Å². The molecule has 1 fully saturated rings. The highest BCUT2D eigenvalue weighted by molar-refractivity contribution is 7.91. The smallest absolute Gasteiger partial charge is 0.262 e. The molecule has 7 nitrogen and oxygen atoms in total. The standard InChI is InChI=1S/C21H23N3O4S2/c1-2-9-24(16-8-10-30(27,28)13-16)19(25)12-23-14-22-20-17(21(23)26)11-18(29-20)15-6-4-3-5-7-15/h3-7,11,14,16H,2,8-10,12-13H2,1H3. The molecule has 1 aromatic carbocycles. The number of thiophene rings is 1. The fraction of sp³-hybridized carbons (Fsp3) is 0.381. The largest absolute Gasteiger partial charge is 0.337 e. The zero-order valence-corrected chi connectivity index (χ0v) is 18.3. The van der Waals surface area contributed by atoms with Gasteiger partial charge in [0.05, 0.1) is 23.2 Å². The summed E-state index contributed by atoms with van der Waals surface area (Å²) in [6.07, 6.45) is 2.58. The van der Waals surface area contributed by atoms with Gasteiger partial charge < -0.3 is 4.90 Å². The SMILES string of the molecule is CCCN(C(=O)Cn1cnc2sc(-c3ccccc3)cc2c1=O)C1CCS(=O)(=O)C1. The molecular formula is C21H23N3O4S2. The van der Waals surface area contributed by atoms with E-state index in [2.05, 4.69) is 4.98 Å². The normalized spacial score (nSPS) is 18.0. The molecule has 3 heterocycles. The molecule has 4 rings (SSSR count). The van der Waals surface area contributed by atoms with Gasteiger partial charge in [-0.2, -0.15) is 0 Å². The van der Waals surface area contributed by atoms with Gasteiger partial charge in [0.1, 0.15) is 11.4 Å². The topological polar surface area (TPSA) is 89.3 Å². The molecule has 9 heteroatoms. The van der Waals surface area contributed by atoms with Crippen molar-refractivity contribution < 1.29 is 13.2 Å². The van der Waals surface area contributed by atoms with E-state index in [4.69, 9.17) is 0 Å². The molecule has 0 aliphatic carbocycles. The number of carbonyl (C=O) groups excluding carboxylic acids is 1. The van der Waals surface area contributed by atoms with Gasteiger partial charge in [-0.05, 0) is 24.5 Å². The van der Waals surface area contributed by atoms with Crippen LogP contribution in [0.5, 0.6) is 0 Å². The third-order valence-electron chi connectivity index (χ3n) is 5.32. The number of amides is 1. The molecule has 30 heavy (non-hydrogen) atoms. The number of nitrogens with zero attached hydrogens (tertiary/aromatic N) is 3. The van der Waals surface area contributed by atoms with Crippen molar-refractivity contribution in [2.24, 2.45) is 0 Å². The Hall–Kier alpha value is -2.52. The molecule has 0 bridgehead atoms. The highest BCUT2D eigenvalue weighted by Gasteiger charge is 2.34. The molecule has 1 aliphatic heterocycles. The Kier molecular flexibility index (Phi) is 5.75. The van der Waals surface area contributed by atoms with E-state index in [0.29, 0.717) is 23.2 Å². The summed E-state index contributed by atoms with van der Waals surface area (Å²) >= 11 is 1.44. The molecular weight excluding hydrogens is 422 g/mol. The van der Waals surface area contributed by atoms with Gasteiger partial charge >= 0.3 is 0 Å². The van der Waals surface area contributed by atoms with Gasteiger partial charge in [0, 0.05) is 17.5 Å². The Morgan fingerprint density at radius 3 is 2.73 bits per heavy atom. The summed E-state index contributed by atoms with van der Waals surface area (Å²) < 4.78 is 25.0. The zero-order valence-electron chi connectivity index (χ0n) is 16.7. The first-order chi connectivity index (χ1) is 14.4. The van der Waals surface area contributed by atoms with Crippen LogP contribution in [0, 0.1) is 0 Å².